The van der Waals surface area contributed by atoms with Crippen molar-refractivity contribution in [1.29, 1.82) is 0 Å². The minimum Gasteiger partial charge on any atom is -0.379 e. The molecule has 0 saturated carbocycles. The predicted molar refractivity (Wildman–Crippen MR) is 65.9 cm³/mol. The fraction of sp³-hybridized carbons (Fsp3) is 0.462. The summed E-state index contributed by atoms with van der Waals surface area (Å²) in [6.07, 6.45) is 0.899. The van der Waals surface area contributed by atoms with Gasteiger partial charge in [0.15, 0.2) is 0 Å². The van der Waals surface area contributed by atoms with Gasteiger partial charge in [-0.25, -0.2) is 0 Å². The summed E-state index contributed by atoms with van der Waals surface area (Å²) in [4.78, 5) is 10.8. The van der Waals surface area contributed by atoms with E-state index in [2.05, 4.69) is 17.4 Å². The van der Waals surface area contributed by atoms with Crippen LogP contribution >= 0.6 is 0 Å². The number of hydrogen-bond donors (Lipinski definition) is 1. The van der Waals surface area contributed by atoms with Crippen molar-refractivity contribution in [2.75, 3.05) is 33.5 Å². The molecule has 17 heavy (non-hydrogen) atoms. The summed E-state index contributed by atoms with van der Waals surface area (Å²) >= 11 is 0. The van der Waals surface area contributed by atoms with Crippen molar-refractivity contribution in [1.82, 2.24) is 5.32 Å². The third kappa shape index (κ3) is 6.71. The van der Waals surface area contributed by atoms with Gasteiger partial charge in [-0.2, -0.15) is 0 Å². The first-order valence-corrected chi connectivity index (χ1v) is 5.73. The fourth-order valence-electron chi connectivity index (χ4n) is 1.29. The maximum Gasteiger partial charge on any atom is 0.245 e. The van der Waals surface area contributed by atoms with E-state index in [1.54, 1.807) is 7.05 Å². The molecule has 0 bridgehead atoms. The second-order valence-corrected chi connectivity index (χ2v) is 3.57. The maximum absolute atomic E-state index is 10.8. The van der Waals surface area contributed by atoms with Crippen LogP contribution in [0.5, 0.6) is 0 Å². The van der Waals surface area contributed by atoms with E-state index < -0.39 is 0 Å². The number of nitrogens with one attached hydrogen (secondary N) is 1. The molecule has 0 aliphatic rings. The number of carbonyl (C=O) groups excluding carboxylic acids is 1. The lowest BCUT2D eigenvalue weighted by Crippen LogP contribution is -2.24. The van der Waals surface area contributed by atoms with E-state index >= 15 is 0 Å². The molecule has 94 valence electrons. The average Bonchev–Trinajstić information content (AvgIpc) is 2.38. The second-order valence-electron chi connectivity index (χ2n) is 3.57. The Bertz CT molecular complexity index is 314. The first-order valence-electron chi connectivity index (χ1n) is 5.73. The van der Waals surface area contributed by atoms with Gasteiger partial charge in [0.2, 0.25) is 5.91 Å². The minimum absolute atomic E-state index is 0.0958. The van der Waals surface area contributed by atoms with Gasteiger partial charge in [-0.1, -0.05) is 30.3 Å². The van der Waals surface area contributed by atoms with Gasteiger partial charge in [-0.05, 0) is 12.0 Å². The van der Waals surface area contributed by atoms with Crippen LogP contribution < -0.4 is 5.32 Å². The van der Waals surface area contributed by atoms with Gasteiger partial charge in [-0.3, -0.25) is 4.79 Å². The lowest BCUT2D eigenvalue weighted by atomic mass is 10.2. The third-order valence-electron chi connectivity index (χ3n) is 2.26. The molecule has 4 nitrogen and oxygen atoms in total. The zero-order valence-electron chi connectivity index (χ0n) is 10.1. The number of carbonyl (C=O) groups is 1. The molecule has 0 aromatic heterocycles. The molecule has 1 N–H and O–H groups in total. The third-order valence-corrected chi connectivity index (χ3v) is 2.26. The van der Waals surface area contributed by atoms with E-state index in [1.165, 1.54) is 5.56 Å². The number of likely N-dealkylation sites (N-methyl/N-ethyl adjacent to an activating group) is 1. The number of benzene rings is 1. The maximum atomic E-state index is 10.8. The molecule has 0 unspecified atom stereocenters. The van der Waals surface area contributed by atoms with Gasteiger partial charge < -0.3 is 14.8 Å². The Hall–Kier alpha value is -1.39. The zero-order chi connectivity index (χ0) is 12.3. The molecule has 1 amide bonds. The Morgan fingerprint density at radius 1 is 1.12 bits per heavy atom. The number of hydrogen-bond acceptors (Lipinski definition) is 3. The zero-order valence-corrected chi connectivity index (χ0v) is 10.1. The molecule has 0 aliphatic carbocycles. The van der Waals surface area contributed by atoms with Crippen molar-refractivity contribution in [3.05, 3.63) is 35.9 Å². The van der Waals surface area contributed by atoms with Crippen LogP contribution in [-0.4, -0.2) is 39.4 Å². The highest BCUT2D eigenvalue weighted by molar-refractivity contribution is 5.76. The summed E-state index contributed by atoms with van der Waals surface area (Å²) in [5, 5.41) is 2.48. The van der Waals surface area contributed by atoms with E-state index in [1.807, 2.05) is 18.2 Å². The molecule has 0 aliphatic heterocycles. The van der Waals surface area contributed by atoms with Crippen molar-refractivity contribution >= 4 is 5.91 Å². The van der Waals surface area contributed by atoms with E-state index in [-0.39, 0.29) is 12.5 Å². The van der Waals surface area contributed by atoms with Crippen LogP contribution in [0.15, 0.2) is 30.3 Å². The fourth-order valence-corrected chi connectivity index (χ4v) is 1.29. The molecule has 0 spiro atoms. The number of rotatable bonds is 8. The highest BCUT2D eigenvalue weighted by Crippen LogP contribution is 1.99. The van der Waals surface area contributed by atoms with Gasteiger partial charge in [0, 0.05) is 7.05 Å². The van der Waals surface area contributed by atoms with Crippen LogP contribution in [0.2, 0.25) is 0 Å². The highest BCUT2D eigenvalue weighted by Gasteiger charge is 1.97. The Kier molecular flexibility index (Phi) is 7.02. The average molecular weight is 237 g/mol. The summed E-state index contributed by atoms with van der Waals surface area (Å²) < 4.78 is 10.5. The SMILES string of the molecule is CNC(=O)COCCOCCc1ccccc1. The summed E-state index contributed by atoms with van der Waals surface area (Å²) in [6.45, 7) is 1.73. The van der Waals surface area contributed by atoms with E-state index in [0.717, 1.165) is 6.42 Å². The normalized spacial score (nSPS) is 10.2. The van der Waals surface area contributed by atoms with Crippen molar-refractivity contribution < 1.29 is 14.3 Å². The van der Waals surface area contributed by atoms with Gasteiger partial charge in [0.1, 0.15) is 6.61 Å². The molecule has 0 fully saturated rings. The molecule has 1 aromatic carbocycles. The summed E-state index contributed by atoms with van der Waals surface area (Å²) in [7, 11) is 1.59. The second kappa shape index (κ2) is 8.73. The van der Waals surface area contributed by atoms with Crippen molar-refractivity contribution in [3.8, 4) is 0 Å². The first-order chi connectivity index (χ1) is 8.33. The molecular formula is C13H19NO3. The topological polar surface area (TPSA) is 47.6 Å². The summed E-state index contributed by atoms with van der Waals surface area (Å²) in [5.74, 6) is -0.116. The van der Waals surface area contributed by atoms with Gasteiger partial charge in [0.25, 0.3) is 0 Å². The van der Waals surface area contributed by atoms with Gasteiger partial charge in [0.05, 0.1) is 19.8 Å². The quantitative estimate of drug-likeness (QED) is 0.686. The van der Waals surface area contributed by atoms with Crippen LogP contribution in [-0.2, 0) is 20.7 Å². The number of amides is 1. The Labute approximate surface area is 102 Å². The molecule has 0 saturated heterocycles. The summed E-state index contributed by atoms with van der Waals surface area (Å²) in [6, 6.07) is 10.2. The largest absolute Gasteiger partial charge is 0.379 e. The number of ether oxygens (including phenoxy) is 2. The Morgan fingerprint density at radius 2 is 1.82 bits per heavy atom. The standard InChI is InChI=1S/C13H19NO3/c1-14-13(15)11-17-10-9-16-8-7-12-5-3-2-4-6-12/h2-6H,7-11H2,1H3,(H,14,15). The molecule has 0 radical (unpaired) electrons. The summed E-state index contributed by atoms with van der Waals surface area (Å²) in [5.41, 5.74) is 1.26. The minimum atomic E-state index is -0.116. The molecule has 0 atom stereocenters. The van der Waals surface area contributed by atoms with Gasteiger partial charge in [-0.15, -0.1) is 0 Å². The lowest BCUT2D eigenvalue weighted by Gasteiger charge is -2.05. The van der Waals surface area contributed by atoms with Crippen LogP contribution in [0, 0.1) is 0 Å². The Balaban J connectivity index is 1.93. The van der Waals surface area contributed by atoms with Crippen molar-refractivity contribution in [3.63, 3.8) is 0 Å². The van der Waals surface area contributed by atoms with E-state index in [0.29, 0.717) is 19.8 Å². The van der Waals surface area contributed by atoms with Gasteiger partial charge >= 0.3 is 0 Å². The van der Waals surface area contributed by atoms with Crippen LogP contribution in [0.4, 0.5) is 0 Å². The first kappa shape index (κ1) is 13.7. The lowest BCUT2D eigenvalue weighted by molar-refractivity contribution is -0.125. The predicted octanol–water partition coefficient (Wildman–Crippen LogP) is 1.01. The molecule has 4 heteroatoms. The Morgan fingerprint density at radius 3 is 2.53 bits per heavy atom. The molecule has 0 heterocycles. The van der Waals surface area contributed by atoms with Crippen LogP contribution in [0.1, 0.15) is 5.56 Å². The molecule has 1 rings (SSSR count). The van der Waals surface area contributed by atoms with E-state index in [9.17, 15) is 4.79 Å². The monoisotopic (exact) mass is 237 g/mol. The highest BCUT2D eigenvalue weighted by atomic mass is 16.5. The smallest absolute Gasteiger partial charge is 0.245 e. The van der Waals surface area contributed by atoms with E-state index in [4.69, 9.17) is 9.47 Å². The molecular weight excluding hydrogens is 218 g/mol. The molecule has 1 aromatic rings. The van der Waals surface area contributed by atoms with Crippen LogP contribution in [0.25, 0.3) is 0 Å². The van der Waals surface area contributed by atoms with Crippen molar-refractivity contribution in [2.45, 2.75) is 6.42 Å². The van der Waals surface area contributed by atoms with Crippen LogP contribution in [0.3, 0.4) is 0 Å². The van der Waals surface area contributed by atoms with Crippen molar-refractivity contribution in [2.24, 2.45) is 0 Å².